The molecule has 0 unspecified atom stereocenters. The molecule has 0 aromatic carbocycles. The molecule has 25 heavy (non-hydrogen) atoms. The number of carbonyl (C=O) groups excluding carboxylic acids is 1. The lowest BCUT2D eigenvalue weighted by molar-refractivity contribution is -0.128. The van der Waals surface area contributed by atoms with Gasteiger partial charge < -0.3 is 16.0 Å². The molecule has 0 radical (unpaired) electrons. The number of amides is 1. The van der Waals surface area contributed by atoms with Crippen LogP contribution in [-0.2, 0) is 11.3 Å². The second kappa shape index (κ2) is 11.7. The van der Waals surface area contributed by atoms with Crippen molar-refractivity contribution in [1.82, 2.24) is 20.9 Å². The summed E-state index contributed by atoms with van der Waals surface area (Å²) in [5.41, 5.74) is 0.755. The zero-order valence-electron chi connectivity index (χ0n) is 16.1. The van der Waals surface area contributed by atoms with Crippen LogP contribution in [0.4, 0.5) is 0 Å². The van der Waals surface area contributed by atoms with Crippen LogP contribution in [0.3, 0.4) is 0 Å². The van der Waals surface area contributed by atoms with Crippen LogP contribution in [-0.4, -0.2) is 36.5 Å². The monoisotopic (exact) mass is 481 g/mol. The van der Waals surface area contributed by atoms with E-state index in [1.165, 1.54) is 0 Å². The van der Waals surface area contributed by atoms with Crippen LogP contribution in [0, 0.1) is 5.41 Å². The van der Waals surface area contributed by atoms with Crippen molar-refractivity contribution in [3.05, 3.63) is 16.1 Å². The van der Waals surface area contributed by atoms with Crippen LogP contribution in [0.1, 0.15) is 58.2 Å². The van der Waals surface area contributed by atoms with E-state index in [1.807, 2.05) is 27.7 Å². The zero-order valence-corrected chi connectivity index (χ0v) is 19.2. The highest BCUT2D eigenvalue weighted by Crippen LogP contribution is 2.18. The maximum absolute atomic E-state index is 11.8. The SMILES string of the molecule is CCNC(=NCc1nc(C(C)C)cs1)NCCNC(=O)C(C)(C)C.I. The Balaban J connectivity index is 0.00000576. The third kappa shape index (κ3) is 9.39. The van der Waals surface area contributed by atoms with Crippen molar-refractivity contribution >= 4 is 47.2 Å². The van der Waals surface area contributed by atoms with Gasteiger partial charge in [-0.05, 0) is 12.8 Å². The van der Waals surface area contributed by atoms with Crippen molar-refractivity contribution in [3.63, 3.8) is 0 Å². The summed E-state index contributed by atoms with van der Waals surface area (Å²) in [6.07, 6.45) is 0. The fourth-order valence-corrected chi connectivity index (χ4v) is 2.65. The first-order valence-electron chi connectivity index (χ1n) is 8.48. The lowest BCUT2D eigenvalue weighted by atomic mass is 9.96. The number of carbonyl (C=O) groups is 1. The molecule has 6 nitrogen and oxygen atoms in total. The Morgan fingerprint density at radius 3 is 2.40 bits per heavy atom. The summed E-state index contributed by atoms with van der Waals surface area (Å²) in [5.74, 6) is 1.23. The Kier molecular flexibility index (Phi) is 11.2. The summed E-state index contributed by atoms with van der Waals surface area (Å²) in [6.45, 7) is 14.6. The molecule has 144 valence electrons. The molecule has 1 aromatic rings. The first-order chi connectivity index (χ1) is 11.2. The average Bonchev–Trinajstić information content (AvgIpc) is 2.97. The maximum Gasteiger partial charge on any atom is 0.225 e. The Morgan fingerprint density at radius 1 is 1.24 bits per heavy atom. The number of thiazole rings is 1. The zero-order chi connectivity index (χ0) is 18.2. The molecule has 1 heterocycles. The van der Waals surface area contributed by atoms with Gasteiger partial charge >= 0.3 is 0 Å². The number of halogens is 1. The number of guanidine groups is 1. The van der Waals surface area contributed by atoms with Gasteiger partial charge in [0, 0.05) is 30.4 Å². The van der Waals surface area contributed by atoms with E-state index in [1.54, 1.807) is 11.3 Å². The van der Waals surface area contributed by atoms with Gasteiger partial charge in [0.1, 0.15) is 5.01 Å². The van der Waals surface area contributed by atoms with Crippen molar-refractivity contribution in [2.24, 2.45) is 10.4 Å². The number of nitrogens with zero attached hydrogens (tertiary/aromatic N) is 2. The number of aromatic nitrogens is 1. The molecule has 0 atom stereocenters. The molecule has 0 saturated heterocycles. The van der Waals surface area contributed by atoms with Crippen LogP contribution in [0.15, 0.2) is 10.4 Å². The van der Waals surface area contributed by atoms with Crippen LogP contribution in [0.2, 0.25) is 0 Å². The quantitative estimate of drug-likeness (QED) is 0.242. The van der Waals surface area contributed by atoms with Crippen LogP contribution in [0.5, 0.6) is 0 Å². The van der Waals surface area contributed by atoms with Crippen molar-refractivity contribution in [2.75, 3.05) is 19.6 Å². The molecule has 1 rings (SSSR count). The molecule has 1 amide bonds. The van der Waals surface area contributed by atoms with Gasteiger partial charge in [0.2, 0.25) is 5.91 Å². The molecule has 0 fully saturated rings. The van der Waals surface area contributed by atoms with E-state index >= 15 is 0 Å². The Morgan fingerprint density at radius 2 is 1.88 bits per heavy atom. The average molecular weight is 481 g/mol. The van der Waals surface area contributed by atoms with Crippen molar-refractivity contribution in [3.8, 4) is 0 Å². The molecule has 1 aromatic heterocycles. The minimum absolute atomic E-state index is 0. The number of hydrogen-bond acceptors (Lipinski definition) is 4. The second-order valence-corrected chi connectivity index (χ2v) is 7.89. The number of aliphatic imine (C=N–C) groups is 1. The summed E-state index contributed by atoms with van der Waals surface area (Å²) in [4.78, 5) is 21.0. The van der Waals surface area contributed by atoms with Crippen LogP contribution >= 0.6 is 35.3 Å². The van der Waals surface area contributed by atoms with Gasteiger partial charge in [-0.2, -0.15) is 0 Å². The van der Waals surface area contributed by atoms with Gasteiger partial charge in [-0.1, -0.05) is 34.6 Å². The fourth-order valence-electron chi connectivity index (χ4n) is 1.77. The molecule has 0 bridgehead atoms. The maximum atomic E-state index is 11.8. The third-order valence-corrected chi connectivity index (χ3v) is 4.11. The summed E-state index contributed by atoms with van der Waals surface area (Å²) < 4.78 is 0. The molecule has 0 aliphatic rings. The van der Waals surface area contributed by atoms with E-state index in [-0.39, 0.29) is 35.3 Å². The molecule has 8 heteroatoms. The lowest BCUT2D eigenvalue weighted by Gasteiger charge is -2.18. The van der Waals surface area contributed by atoms with Gasteiger partial charge in [0.25, 0.3) is 0 Å². The highest BCUT2D eigenvalue weighted by molar-refractivity contribution is 14.0. The first kappa shape index (κ1) is 24.1. The summed E-state index contributed by atoms with van der Waals surface area (Å²) in [7, 11) is 0. The summed E-state index contributed by atoms with van der Waals surface area (Å²) >= 11 is 1.64. The van der Waals surface area contributed by atoms with Crippen LogP contribution < -0.4 is 16.0 Å². The minimum atomic E-state index is -0.364. The largest absolute Gasteiger partial charge is 0.357 e. The third-order valence-electron chi connectivity index (χ3n) is 3.26. The standard InChI is InChI=1S/C17H31N5OS.HI/c1-7-18-16(20-9-8-19-15(23)17(4,5)6)21-10-14-22-13(11-24-14)12(2)3;/h11-12H,7-10H2,1-6H3,(H,19,23)(H2,18,20,21);1H. The van der Waals surface area contributed by atoms with Crippen LogP contribution in [0.25, 0.3) is 0 Å². The smallest absolute Gasteiger partial charge is 0.225 e. The van der Waals surface area contributed by atoms with Gasteiger partial charge in [0.15, 0.2) is 5.96 Å². The van der Waals surface area contributed by atoms with E-state index in [0.717, 1.165) is 23.2 Å². The molecule has 0 saturated carbocycles. The summed E-state index contributed by atoms with van der Waals surface area (Å²) in [5, 5.41) is 12.5. The predicted octanol–water partition coefficient (Wildman–Crippen LogP) is 3.10. The van der Waals surface area contributed by atoms with E-state index < -0.39 is 0 Å². The van der Waals surface area contributed by atoms with E-state index in [0.29, 0.717) is 25.6 Å². The minimum Gasteiger partial charge on any atom is -0.357 e. The molecular weight excluding hydrogens is 449 g/mol. The number of nitrogens with one attached hydrogen (secondary N) is 3. The Hall–Kier alpha value is -0.900. The molecule has 0 spiro atoms. The predicted molar refractivity (Wildman–Crippen MR) is 117 cm³/mol. The van der Waals surface area contributed by atoms with Crippen molar-refractivity contribution in [2.45, 2.75) is 54.0 Å². The molecule has 0 aliphatic carbocycles. The van der Waals surface area contributed by atoms with Gasteiger partial charge in [-0.3, -0.25) is 4.79 Å². The molecule has 0 aliphatic heterocycles. The Labute approximate surface area is 172 Å². The van der Waals surface area contributed by atoms with Crippen molar-refractivity contribution in [1.29, 1.82) is 0 Å². The molecular formula is C17H32IN5OS. The highest BCUT2D eigenvalue weighted by atomic mass is 127. The topological polar surface area (TPSA) is 78.4 Å². The normalized spacial score (nSPS) is 11.9. The van der Waals surface area contributed by atoms with Gasteiger partial charge in [0.05, 0.1) is 12.2 Å². The van der Waals surface area contributed by atoms with Gasteiger partial charge in [-0.25, -0.2) is 9.98 Å². The first-order valence-corrected chi connectivity index (χ1v) is 9.36. The lowest BCUT2D eigenvalue weighted by Crippen LogP contribution is -2.43. The van der Waals surface area contributed by atoms with Crippen molar-refractivity contribution < 1.29 is 4.79 Å². The van der Waals surface area contributed by atoms with Gasteiger partial charge in [-0.15, -0.1) is 35.3 Å². The van der Waals surface area contributed by atoms with E-state index in [4.69, 9.17) is 0 Å². The number of hydrogen-bond donors (Lipinski definition) is 3. The fraction of sp³-hybridized carbons (Fsp3) is 0.706. The van der Waals surface area contributed by atoms with E-state index in [2.05, 4.69) is 45.2 Å². The van der Waals surface area contributed by atoms with E-state index in [9.17, 15) is 4.79 Å². The molecule has 3 N–H and O–H groups in total. The second-order valence-electron chi connectivity index (χ2n) is 6.95. The highest BCUT2D eigenvalue weighted by Gasteiger charge is 2.20. The Bertz CT molecular complexity index is 551. The summed E-state index contributed by atoms with van der Waals surface area (Å²) in [6, 6.07) is 0. The number of rotatable bonds is 7.